The Morgan fingerprint density at radius 3 is 2.30 bits per heavy atom. The molecule has 0 fully saturated rings. The number of rotatable bonds is 5. The largest absolute Gasteiger partial charge is 0.497 e. The number of hydrogen-bond acceptors (Lipinski definition) is 3. The van der Waals surface area contributed by atoms with E-state index >= 15 is 0 Å². The van der Waals surface area contributed by atoms with Crippen LogP contribution in [0.15, 0.2) is 42.5 Å². The van der Waals surface area contributed by atoms with E-state index in [9.17, 15) is 9.50 Å². The van der Waals surface area contributed by atoms with Crippen molar-refractivity contribution in [2.45, 2.75) is 19.6 Å². The third-order valence-corrected chi connectivity index (χ3v) is 3.02. The Labute approximate surface area is 117 Å². The highest BCUT2D eigenvalue weighted by Gasteiger charge is 2.06. The third-order valence-electron chi connectivity index (χ3n) is 3.02. The highest BCUT2D eigenvalue weighted by molar-refractivity contribution is 5.31. The average molecular weight is 276 g/mol. The number of methoxy groups -OCH3 is 1. The molecule has 0 saturated heterocycles. The lowest BCUT2D eigenvalue weighted by Gasteiger charge is -2.10. The first-order valence-electron chi connectivity index (χ1n) is 6.33. The van der Waals surface area contributed by atoms with E-state index < -0.39 is 6.10 Å². The van der Waals surface area contributed by atoms with Gasteiger partial charge in [-0.15, -0.1) is 0 Å². The molecular weight excluding hydrogens is 259 g/mol. The molecule has 0 amide bonds. The van der Waals surface area contributed by atoms with E-state index in [0.717, 1.165) is 5.56 Å². The summed E-state index contributed by atoms with van der Waals surface area (Å²) in [6.07, 6.45) is -0.511. The monoisotopic (exact) mass is 276 g/mol. The van der Waals surface area contributed by atoms with Gasteiger partial charge in [0.2, 0.25) is 0 Å². The minimum atomic E-state index is -0.511. The average Bonchev–Trinajstić information content (AvgIpc) is 2.46. The molecule has 1 atom stereocenters. The molecule has 0 saturated carbocycles. The predicted octanol–water partition coefficient (Wildman–Crippen LogP) is 3.47. The van der Waals surface area contributed by atoms with E-state index in [1.54, 1.807) is 43.3 Å². The maximum atomic E-state index is 13.7. The standard InChI is InChI=1S/C16H17FO3/c1-11(18)12-3-6-14(7-4-12)20-10-13-5-8-15(19-2)9-16(13)17/h3-9,11,18H,10H2,1-2H3. The van der Waals surface area contributed by atoms with Crippen LogP contribution in [0.4, 0.5) is 4.39 Å². The van der Waals surface area contributed by atoms with Crippen LogP contribution < -0.4 is 9.47 Å². The summed E-state index contributed by atoms with van der Waals surface area (Å²) in [7, 11) is 1.49. The predicted molar refractivity (Wildman–Crippen MR) is 74.4 cm³/mol. The zero-order chi connectivity index (χ0) is 14.5. The van der Waals surface area contributed by atoms with Gasteiger partial charge in [0.1, 0.15) is 23.9 Å². The Morgan fingerprint density at radius 1 is 1.10 bits per heavy atom. The summed E-state index contributed by atoms with van der Waals surface area (Å²) < 4.78 is 24.2. The Kier molecular flexibility index (Phi) is 4.58. The van der Waals surface area contributed by atoms with E-state index in [1.165, 1.54) is 13.2 Å². The van der Waals surface area contributed by atoms with Crippen molar-refractivity contribution in [1.29, 1.82) is 0 Å². The molecule has 3 nitrogen and oxygen atoms in total. The van der Waals surface area contributed by atoms with Crippen molar-refractivity contribution in [1.82, 2.24) is 0 Å². The van der Waals surface area contributed by atoms with E-state index in [4.69, 9.17) is 9.47 Å². The summed E-state index contributed by atoms with van der Waals surface area (Å²) in [5.41, 5.74) is 1.28. The van der Waals surface area contributed by atoms with Crippen LogP contribution in [0.2, 0.25) is 0 Å². The smallest absolute Gasteiger partial charge is 0.133 e. The summed E-state index contributed by atoms with van der Waals surface area (Å²) >= 11 is 0. The van der Waals surface area contributed by atoms with Crippen LogP contribution >= 0.6 is 0 Å². The SMILES string of the molecule is COc1ccc(COc2ccc(C(C)O)cc2)c(F)c1. The summed E-state index contributed by atoms with van der Waals surface area (Å²) in [6.45, 7) is 1.84. The molecule has 0 aliphatic carbocycles. The van der Waals surface area contributed by atoms with Crippen molar-refractivity contribution >= 4 is 0 Å². The quantitative estimate of drug-likeness (QED) is 0.908. The zero-order valence-corrected chi connectivity index (χ0v) is 11.5. The lowest BCUT2D eigenvalue weighted by molar-refractivity contribution is 0.199. The van der Waals surface area contributed by atoms with E-state index in [0.29, 0.717) is 17.1 Å². The lowest BCUT2D eigenvalue weighted by Crippen LogP contribution is -1.99. The fourth-order valence-electron chi connectivity index (χ4n) is 1.78. The van der Waals surface area contributed by atoms with Crippen LogP contribution in [0.3, 0.4) is 0 Å². The number of ether oxygens (including phenoxy) is 2. The van der Waals surface area contributed by atoms with Crippen LogP contribution in [-0.4, -0.2) is 12.2 Å². The van der Waals surface area contributed by atoms with Crippen molar-refractivity contribution in [2.24, 2.45) is 0 Å². The number of halogens is 1. The van der Waals surface area contributed by atoms with Crippen LogP contribution in [0.1, 0.15) is 24.2 Å². The highest BCUT2D eigenvalue weighted by Crippen LogP contribution is 2.20. The molecule has 0 spiro atoms. The van der Waals surface area contributed by atoms with Gasteiger partial charge in [0, 0.05) is 11.6 Å². The van der Waals surface area contributed by atoms with Gasteiger partial charge in [-0.3, -0.25) is 0 Å². The normalized spacial score (nSPS) is 12.0. The number of benzene rings is 2. The second-order valence-electron chi connectivity index (χ2n) is 4.49. The molecule has 2 aromatic rings. The minimum Gasteiger partial charge on any atom is -0.497 e. The maximum Gasteiger partial charge on any atom is 0.133 e. The van der Waals surface area contributed by atoms with Crippen LogP contribution in [-0.2, 0) is 6.61 Å². The minimum absolute atomic E-state index is 0.143. The first-order valence-corrected chi connectivity index (χ1v) is 6.33. The summed E-state index contributed by atoms with van der Waals surface area (Å²) in [6, 6.07) is 11.7. The van der Waals surface area contributed by atoms with Gasteiger partial charge >= 0.3 is 0 Å². The van der Waals surface area contributed by atoms with Gasteiger partial charge in [-0.2, -0.15) is 0 Å². The molecule has 4 heteroatoms. The second kappa shape index (κ2) is 6.39. The molecular formula is C16H17FO3. The van der Waals surface area contributed by atoms with E-state index in [2.05, 4.69) is 0 Å². The summed E-state index contributed by atoms with van der Waals surface area (Å²) in [5.74, 6) is 0.752. The molecule has 2 rings (SSSR count). The van der Waals surface area contributed by atoms with Gasteiger partial charge in [-0.05, 0) is 36.8 Å². The highest BCUT2D eigenvalue weighted by atomic mass is 19.1. The van der Waals surface area contributed by atoms with Crippen molar-refractivity contribution < 1.29 is 19.0 Å². The van der Waals surface area contributed by atoms with Gasteiger partial charge in [0.15, 0.2) is 0 Å². The number of aliphatic hydroxyl groups excluding tert-OH is 1. The molecule has 0 heterocycles. The van der Waals surface area contributed by atoms with E-state index in [-0.39, 0.29) is 12.4 Å². The zero-order valence-electron chi connectivity index (χ0n) is 11.5. The molecule has 0 aliphatic rings. The van der Waals surface area contributed by atoms with Gasteiger partial charge in [-0.1, -0.05) is 12.1 Å². The fourth-order valence-corrected chi connectivity index (χ4v) is 1.78. The fraction of sp³-hybridized carbons (Fsp3) is 0.250. The van der Waals surface area contributed by atoms with Crippen molar-refractivity contribution in [3.8, 4) is 11.5 Å². The number of aliphatic hydroxyl groups is 1. The summed E-state index contributed by atoms with van der Waals surface area (Å²) in [4.78, 5) is 0. The molecule has 0 aliphatic heterocycles. The van der Waals surface area contributed by atoms with Gasteiger partial charge in [0.25, 0.3) is 0 Å². The molecule has 20 heavy (non-hydrogen) atoms. The molecule has 0 bridgehead atoms. The molecule has 106 valence electrons. The summed E-state index contributed by atoms with van der Waals surface area (Å²) in [5, 5.41) is 9.41. The molecule has 1 N–H and O–H groups in total. The molecule has 2 aromatic carbocycles. The van der Waals surface area contributed by atoms with Crippen molar-refractivity contribution in [3.63, 3.8) is 0 Å². The van der Waals surface area contributed by atoms with Gasteiger partial charge in [0.05, 0.1) is 13.2 Å². The Balaban J connectivity index is 2.01. The van der Waals surface area contributed by atoms with Crippen molar-refractivity contribution in [3.05, 3.63) is 59.4 Å². The molecule has 0 aromatic heterocycles. The molecule has 1 unspecified atom stereocenters. The van der Waals surface area contributed by atoms with E-state index in [1.807, 2.05) is 0 Å². The number of hydrogen-bond donors (Lipinski definition) is 1. The van der Waals surface area contributed by atoms with Gasteiger partial charge < -0.3 is 14.6 Å². The van der Waals surface area contributed by atoms with Crippen LogP contribution in [0.25, 0.3) is 0 Å². The Morgan fingerprint density at radius 2 is 1.75 bits per heavy atom. The molecule has 0 radical (unpaired) electrons. The Hall–Kier alpha value is -2.07. The maximum absolute atomic E-state index is 13.7. The topological polar surface area (TPSA) is 38.7 Å². The van der Waals surface area contributed by atoms with Crippen molar-refractivity contribution in [2.75, 3.05) is 7.11 Å². The third kappa shape index (κ3) is 3.48. The lowest BCUT2D eigenvalue weighted by atomic mass is 10.1. The first-order chi connectivity index (χ1) is 9.60. The van der Waals surface area contributed by atoms with Gasteiger partial charge in [-0.25, -0.2) is 4.39 Å². The van der Waals surface area contributed by atoms with Crippen LogP contribution in [0.5, 0.6) is 11.5 Å². The van der Waals surface area contributed by atoms with Crippen LogP contribution in [0, 0.1) is 5.82 Å². The Bertz CT molecular complexity index is 564. The first kappa shape index (κ1) is 14.3. The second-order valence-corrected chi connectivity index (χ2v) is 4.49.